The van der Waals surface area contributed by atoms with Gasteiger partial charge < -0.3 is 9.22 Å². The molecule has 0 unspecified atom stereocenters. The Labute approximate surface area is 86.4 Å². The van der Waals surface area contributed by atoms with E-state index in [1.807, 2.05) is 28.1 Å². The van der Waals surface area contributed by atoms with Gasteiger partial charge in [0.1, 0.15) is 17.0 Å². The molecular formula is C9H20NO3S+. The van der Waals surface area contributed by atoms with Gasteiger partial charge in [0.05, 0.1) is 27.2 Å². The van der Waals surface area contributed by atoms with Crippen molar-refractivity contribution >= 4 is 9.84 Å². The summed E-state index contributed by atoms with van der Waals surface area (Å²) in [5.41, 5.74) is 0. The summed E-state index contributed by atoms with van der Waals surface area (Å²) in [7, 11) is 4.72. The van der Waals surface area contributed by atoms with E-state index in [0.717, 1.165) is 0 Å². The summed E-state index contributed by atoms with van der Waals surface area (Å²) in [5, 5.41) is -0.340. The van der Waals surface area contributed by atoms with Crippen molar-refractivity contribution in [2.24, 2.45) is 0 Å². The standard InChI is InChI=1S/C9H20NO3S/c1-7(13-5)9-8(10(2,3)4)6-14(9,11)12/h7-9H,6H2,1-5H3/q+1/t7-,8-,9+/m1/s1. The van der Waals surface area contributed by atoms with Crippen LogP contribution in [-0.2, 0) is 14.6 Å². The maximum Gasteiger partial charge on any atom is 0.167 e. The molecule has 1 aliphatic heterocycles. The molecule has 1 heterocycles. The molecule has 0 radical (unpaired) electrons. The predicted molar refractivity (Wildman–Crippen MR) is 55.9 cm³/mol. The Hall–Kier alpha value is -0.130. The molecule has 0 spiro atoms. The van der Waals surface area contributed by atoms with Crippen molar-refractivity contribution in [3.63, 3.8) is 0 Å². The summed E-state index contributed by atoms with van der Waals surface area (Å²) < 4.78 is 29.0. The number of methoxy groups -OCH3 is 1. The zero-order valence-electron chi connectivity index (χ0n) is 9.52. The second kappa shape index (κ2) is 3.47. The third kappa shape index (κ3) is 1.94. The smallest absolute Gasteiger partial charge is 0.167 e. The molecule has 5 heteroatoms. The molecule has 84 valence electrons. The van der Waals surface area contributed by atoms with Crippen LogP contribution >= 0.6 is 0 Å². The van der Waals surface area contributed by atoms with Gasteiger partial charge in [-0.15, -0.1) is 0 Å². The molecule has 0 N–H and O–H groups in total. The fourth-order valence-corrected chi connectivity index (χ4v) is 4.59. The van der Waals surface area contributed by atoms with Crippen LogP contribution in [0, 0.1) is 0 Å². The highest BCUT2D eigenvalue weighted by Gasteiger charge is 2.55. The minimum atomic E-state index is -2.91. The molecule has 1 aliphatic rings. The first-order chi connectivity index (χ1) is 6.20. The average molecular weight is 222 g/mol. The van der Waals surface area contributed by atoms with Gasteiger partial charge in [-0.2, -0.15) is 0 Å². The summed E-state index contributed by atoms with van der Waals surface area (Å²) in [6.45, 7) is 1.82. The topological polar surface area (TPSA) is 43.4 Å². The van der Waals surface area contributed by atoms with Gasteiger partial charge in [0.25, 0.3) is 0 Å². The second-order valence-corrected chi connectivity index (χ2v) is 7.12. The van der Waals surface area contributed by atoms with E-state index < -0.39 is 9.84 Å². The first kappa shape index (κ1) is 11.9. The first-order valence-electron chi connectivity index (χ1n) is 4.75. The van der Waals surface area contributed by atoms with Crippen LogP contribution in [0.3, 0.4) is 0 Å². The lowest BCUT2D eigenvalue weighted by molar-refractivity contribution is -0.895. The lowest BCUT2D eigenvalue weighted by atomic mass is 10.1. The van der Waals surface area contributed by atoms with E-state index in [4.69, 9.17) is 4.74 Å². The first-order valence-corrected chi connectivity index (χ1v) is 6.47. The molecule has 0 amide bonds. The third-order valence-electron chi connectivity index (χ3n) is 3.03. The summed E-state index contributed by atoms with van der Waals surface area (Å²) in [4.78, 5) is 0. The molecule has 0 aromatic heterocycles. The largest absolute Gasteiger partial charge is 0.380 e. The molecule has 0 aromatic rings. The van der Waals surface area contributed by atoms with Crippen molar-refractivity contribution in [2.75, 3.05) is 34.0 Å². The zero-order valence-corrected chi connectivity index (χ0v) is 10.3. The quantitative estimate of drug-likeness (QED) is 0.626. The van der Waals surface area contributed by atoms with E-state index in [1.54, 1.807) is 7.11 Å². The van der Waals surface area contributed by atoms with Crippen LogP contribution in [0.1, 0.15) is 6.92 Å². The van der Waals surface area contributed by atoms with Gasteiger partial charge in [-0.05, 0) is 6.92 Å². The summed E-state index contributed by atoms with van der Waals surface area (Å²) >= 11 is 0. The normalized spacial score (nSPS) is 33.5. The molecule has 0 bridgehead atoms. The number of nitrogens with zero attached hydrogens (tertiary/aromatic N) is 1. The van der Waals surface area contributed by atoms with Crippen molar-refractivity contribution in [1.82, 2.24) is 0 Å². The van der Waals surface area contributed by atoms with Crippen LogP contribution in [0.5, 0.6) is 0 Å². The average Bonchev–Trinajstić information content (AvgIpc) is 1.98. The highest BCUT2D eigenvalue weighted by atomic mass is 32.2. The van der Waals surface area contributed by atoms with E-state index in [1.165, 1.54) is 0 Å². The zero-order chi connectivity index (χ0) is 11.1. The number of hydrogen-bond acceptors (Lipinski definition) is 3. The number of hydrogen-bond donors (Lipinski definition) is 0. The maximum absolute atomic E-state index is 11.6. The van der Waals surface area contributed by atoms with Gasteiger partial charge in [-0.1, -0.05) is 0 Å². The number of sulfone groups is 1. The van der Waals surface area contributed by atoms with Crippen LogP contribution in [0.15, 0.2) is 0 Å². The Morgan fingerprint density at radius 3 is 2.14 bits per heavy atom. The molecule has 3 atom stereocenters. The van der Waals surface area contributed by atoms with Crippen LogP contribution < -0.4 is 0 Å². The van der Waals surface area contributed by atoms with Gasteiger partial charge in [-0.3, -0.25) is 0 Å². The van der Waals surface area contributed by atoms with Crippen LogP contribution in [-0.4, -0.2) is 64.3 Å². The van der Waals surface area contributed by atoms with E-state index >= 15 is 0 Å². The van der Waals surface area contributed by atoms with E-state index in [-0.39, 0.29) is 23.1 Å². The molecule has 0 aliphatic carbocycles. The van der Waals surface area contributed by atoms with E-state index in [9.17, 15) is 8.42 Å². The summed E-state index contributed by atoms with van der Waals surface area (Å²) in [5.74, 6) is 0.287. The van der Waals surface area contributed by atoms with Crippen molar-refractivity contribution in [1.29, 1.82) is 0 Å². The molecule has 14 heavy (non-hydrogen) atoms. The van der Waals surface area contributed by atoms with Gasteiger partial charge in [0, 0.05) is 7.11 Å². The van der Waals surface area contributed by atoms with Crippen LogP contribution in [0.2, 0.25) is 0 Å². The molecular weight excluding hydrogens is 202 g/mol. The van der Waals surface area contributed by atoms with Crippen LogP contribution in [0.4, 0.5) is 0 Å². The van der Waals surface area contributed by atoms with E-state index in [2.05, 4.69) is 0 Å². The Morgan fingerprint density at radius 1 is 1.36 bits per heavy atom. The molecule has 1 fully saturated rings. The molecule has 1 rings (SSSR count). The molecule has 0 aromatic carbocycles. The maximum atomic E-state index is 11.6. The number of quaternary nitrogens is 1. The number of rotatable bonds is 3. The van der Waals surface area contributed by atoms with Crippen molar-refractivity contribution in [3.05, 3.63) is 0 Å². The SMILES string of the molecule is CO[C@H](C)[C@H]1[C@H]([N+](C)(C)C)CS1(=O)=O. The lowest BCUT2D eigenvalue weighted by Gasteiger charge is -2.46. The minimum Gasteiger partial charge on any atom is -0.380 e. The third-order valence-corrected chi connectivity index (χ3v) is 5.36. The fourth-order valence-electron chi connectivity index (χ4n) is 1.96. The Bertz CT molecular complexity index is 305. The van der Waals surface area contributed by atoms with Crippen molar-refractivity contribution in [3.8, 4) is 0 Å². The molecule has 0 saturated carbocycles. The summed E-state index contributed by atoms with van der Waals surface area (Å²) in [6.07, 6.45) is -0.212. The van der Waals surface area contributed by atoms with E-state index in [0.29, 0.717) is 4.48 Å². The van der Waals surface area contributed by atoms with Gasteiger partial charge in [-0.25, -0.2) is 8.42 Å². The minimum absolute atomic E-state index is 0.162. The van der Waals surface area contributed by atoms with Crippen molar-refractivity contribution < 1.29 is 17.6 Å². The predicted octanol–water partition coefficient (Wildman–Crippen LogP) is -0.107. The van der Waals surface area contributed by atoms with Gasteiger partial charge >= 0.3 is 0 Å². The summed E-state index contributed by atoms with van der Waals surface area (Å²) in [6, 6.07) is 0.162. The lowest BCUT2D eigenvalue weighted by Crippen LogP contribution is -2.68. The highest BCUT2D eigenvalue weighted by Crippen LogP contribution is 2.31. The molecule has 1 saturated heterocycles. The monoisotopic (exact) mass is 222 g/mol. The molecule has 4 nitrogen and oxygen atoms in total. The van der Waals surface area contributed by atoms with Gasteiger partial charge in [0.15, 0.2) is 9.84 Å². The second-order valence-electron chi connectivity index (χ2n) is 4.92. The highest BCUT2D eigenvalue weighted by molar-refractivity contribution is 7.93. The van der Waals surface area contributed by atoms with Crippen LogP contribution in [0.25, 0.3) is 0 Å². The number of ether oxygens (including phenoxy) is 1. The van der Waals surface area contributed by atoms with Gasteiger partial charge in [0.2, 0.25) is 0 Å². The Balaban J connectivity index is 2.87. The fraction of sp³-hybridized carbons (Fsp3) is 1.00. The Kier molecular flexibility index (Phi) is 2.96. The van der Waals surface area contributed by atoms with Crippen molar-refractivity contribution in [2.45, 2.75) is 24.3 Å². The Morgan fingerprint density at radius 2 is 1.86 bits per heavy atom.